The molecule has 1 aliphatic rings. The van der Waals surface area contributed by atoms with E-state index in [1.54, 1.807) is 12.4 Å². The number of carboxylic acids is 1. The van der Waals surface area contributed by atoms with Crippen molar-refractivity contribution in [1.29, 1.82) is 0 Å². The number of rotatable bonds is 11. The van der Waals surface area contributed by atoms with Crippen LogP contribution < -0.4 is 10.1 Å². The van der Waals surface area contributed by atoms with Crippen LogP contribution in [0.2, 0.25) is 0 Å². The molecular formula is C25H35N3O4. The van der Waals surface area contributed by atoms with Gasteiger partial charge in [-0.15, -0.1) is 0 Å². The number of carboxylic acid groups (broad SMARTS) is 1. The lowest BCUT2D eigenvalue weighted by atomic mass is 9.78. The minimum absolute atomic E-state index is 0.0261. The van der Waals surface area contributed by atoms with E-state index in [1.165, 1.54) is 5.56 Å². The Bertz CT molecular complexity index is 866. The van der Waals surface area contributed by atoms with Crippen molar-refractivity contribution in [1.82, 2.24) is 9.97 Å². The Morgan fingerprint density at radius 2 is 1.91 bits per heavy atom. The van der Waals surface area contributed by atoms with Crippen LogP contribution >= 0.6 is 0 Å². The van der Waals surface area contributed by atoms with Crippen LogP contribution in [0, 0.1) is 5.92 Å². The Kier molecular flexibility index (Phi) is 8.85. The lowest BCUT2D eigenvalue weighted by Crippen LogP contribution is -2.22. The quantitative estimate of drug-likeness (QED) is 0.475. The monoisotopic (exact) mass is 441 g/mol. The molecule has 3 rings (SSSR count). The Morgan fingerprint density at radius 1 is 1.19 bits per heavy atom. The topological polar surface area (TPSA) is 93.6 Å². The van der Waals surface area contributed by atoms with E-state index in [-0.39, 0.29) is 12.3 Å². The van der Waals surface area contributed by atoms with Gasteiger partial charge in [-0.1, -0.05) is 26.0 Å². The summed E-state index contributed by atoms with van der Waals surface area (Å²) >= 11 is 0. The van der Waals surface area contributed by atoms with Crippen molar-refractivity contribution in [2.24, 2.45) is 5.92 Å². The van der Waals surface area contributed by atoms with E-state index in [4.69, 9.17) is 9.47 Å². The minimum atomic E-state index is -0.774. The third kappa shape index (κ3) is 6.19. The van der Waals surface area contributed by atoms with Gasteiger partial charge in [-0.05, 0) is 67.6 Å². The van der Waals surface area contributed by atoms with E-state index in [2.05, 4.69) is 40.4 Å². The van der Waals surface area contributed by atoms with Gasteiger partial charge >= 0.3 is 12.0 Å². The van der Waals surface area contributed by atoms with Gasteiger partial charge in [0.05, 0.1) is 31.1 Å². The van der Waals surface area contributed by atoms with Crippen LogP contribution in [-0.4, -0.2) is 40.9 Å². The first kappa shape index (κ1) is 24.0. The zero-order chi connectivity index (χ0) is 22.9. The molecule has 2 atom stereocenters. The molecule has 2 heterocycles. The molecule has 0 radical (unpaired) electrons. The van der Waals surface area contributed by atoms with E-state index >= 15 is 0 Å². The Morgan fingerprint density at radius 3 is 2.50 bits per heavy atom. The standard InChI is InChI=1S/C25H35N3O4/c1-4-17(14-24(29)30)19-7-8-22(21(5-2)18-9-11-31-12-10-18)23(13-19)28-20-15-26-25(27-16-20)32-6-3/h7-8,13,15-18,21,28H,4-6,9-12,14H2,1-3H3,(H,29,30)/t17-,21+/m1/s1. The highest BCUT2D eigenvalue weighted by Gasteiger charge is 2.27. The van der Waals surface area contributed by atoms with Gasteiger partial charge in [0.2, 0.25) is 0 Å². The van der Waals surface area contributed by atoms with Crippen molar-refractivity contribution in [3.05, 3.63) is 41.7 Å². The minimum Gasteiger partial charge on any atom is -0.481 e. The molecule has 0 amide bonds. The number of nitrogens with one attached hydrogen (secondary N) is 1. The van der Waals surface area contributed by atoms with Crippen LogP contribution in [0.4, 0.5) is 11.4 Å². The molecule has 174 valence electrons. The number of hydrogen-bond donors (Lipinski definition) is 2. The van der Waals surface area contributed by atoms with Crippen molar-refractivity contribution in [3.63, 3.8) is 0 Å². The number of aromatic nitrogens is 2. The highest BCUT2D eigenvalue weighted by Crippen LogP contribution is 2.40. The highest BCUT2D eigenvalue weighted by molar-refractivity contribution is 5.69. The van der Waals surface area contributed by atoms with Gasteiger partial charge in [0.1, 0.15) is 0 Å². The summed E-state index contributed by atoms with van der Waals surface area (Å²) in [6.07, 6.45) is 7.49. The van der Waals surface area contributed by atoms with Gasteiger partial charge in [0.15, 0.2) is 0 Å². The molecule has 1 aromatic heterocycles. The second-order valence-electron chi connectivity index (χ2n) is 8.33. The van der Waals surface area contributed by atoms with Crippen LogP contribution in [-0.2, 0) is 9.53 Å². The fourth-order valence-electron chi connectivity index (χ4n) is 4.63. The first-order valence-corrected chi connectivity index (χ1v) is 11.7. The maximum atomic E-state index is 11.4. The lowest BCUT2D eigenvalue weighted by molar-refractivity contribution is -0.137. The second-order valence-corrected chi connectivity index (χ2v) is 8.33. The largest absolute Gasteiger partial charge is 0.481 e. The number of aliphatic carboxylic acids is 1. The fraction of sp³-hybridized carbons (Fsp3) is 0.560. The summed E-state index contributed by atoms with van der Waals surface area (Å²) in [7, 11) is 0. The molecule has 1 fully saturated rings. The zero-order valence-electron chi connectivity index (χ0n) is 19.3. The molecule has 1 aromatic carbocycles. The molecular weight excluding hydrogens is 406 g/mol. The first-order chi connectivity index (χ1) is 15.5. The highest BCUT2D eigenvalue weighted by atomic mass is 16.5. The lowest BCUT2D eigenvalue weighted by Gasteiger charge is -2.32. The Labute approximate surface area is 190 Å². The van der Waals surface area contributed by atoms with E-state index < -0.39 is 5.97 Å². The number of ether oxygens (including phenoxy) is 2. The van der Waals surface area contributed by atoms with Crippen molar-refractivity contribution >= 4 is 17.3 Å². The molecule has 2 N–H and O–H groups in total. The summed E-state index contributed by atoms with van der Waals surface area (Å²) in [5.74, 6) is 0.169. The molecule has 32 heavy (non-hydrogen) atoms. The number of hydrogen-bond acceptors (Lipinski definition) is 6. The number of nitrogens with zero attached hydrogens (tertiary/aromatic N) is 2. The SMILES string of the molecule is CCOc1ncc(Nc2cc([C@H](CC)CC(=O)O)ccc2[C@@H](CC)C2CCOCC2)cn1. The van der Waals surface area contributed by atoms with Crippen molar-refractivity contribution in [3.8, 4) is 6.01 Å². The maximum Gasteiger partial charge on any atom is 0.316 e. The summed E-state index contributed by atoms with van der Waals surface area (Å²) in [4.78, 5) is 19.9. The van der Waals surface area contributed by atoms with E-state index in [9.17, 15) is 9.90 Å². The average molecular weight is 442 g/mol. The molecule has 0 unspecified atom stereocenters. The molecule has 0 saturated carbocycles. The predicted molar refractivity (Wildman–Crippen MR) is 125 cm³/mol. The third-order valence-corrected chi connectivity index (χ3v) is 6.32. The smallest absolute Gasteiger partial charge is 0.316 e. The van der Waals surface area contributed by atoms with Gasteiger partial charge in [-0.2, -0.15) is 0 Å². The third-order valence-electron chi connectivity index (χ3n) is 6.32. The molecule has 1 saturated heterocycles. The Hall–Kier alpha value is -2.67. The molecule has 2 aromatic rings. The Balaban J connectivity index is 1.96. The van der Waals surface area contributed by atoms with E-state index in [0.29, 0.717) is 24.5 Å². The van der Waals surface area contributed by atoms with Gasteiger partial charge in [0, 0.05) is 18.9 Å². The van der Waals surface area contributed by atoms with Crippen LogP contribution in [0.15, 0.2) is 30.6 Å². The second kappa shape index (κ2) is 11.8. The summed E-state index contributed by atoms with van der Waals surface area (Å²) in [6, 6.07) is 6.76. The molecule has 0 spiro atoms. The van der Waals surface area contributed by atoms with E-state index in [0.717, 1.165) is 55.8 Å². The van der Waals surface area contributed by atoms with Crippen LogP contribution in [0.25, 0.3) is 0 Å². The molecule has 0 aliphatic carbocycles. The predicted octanol–water partition coefficient (Wildman–Crippen LogP) is 5.51. The molecule has 1 aliphatic heterocycles. The molecule has 7 heteroatoms. The summed E-state index contributed by atoms with van der Waals surface area (Å²) in [5, 5.41) is 12.9. The first-order valence-electron chi connectivity index (χ1n) is 11.7. The van der Waals surface area contributed by atoms with E-state index in [1.807, 2.05) is 13.8 Å². The number of carbonyl (C=O) groups is 1. The summed E-state index contributed by atoms with van der Waals surface area (Å²) < 4.78 is 10.9. The normalized spacial score (nSPS) is 16.3. The zero-order valence-corrected chi connectivity index (χ0v) is 19.3. The van der Waals surface area contributed by atoms with Gasteiger partial charge < -0.3 is 19.9 Å². The van der Waals surface area contributed by atoms with Crippen LogP contribution in [0.3, 0.4) is 0 Å². The molecule has 0 bridgehead atoms. The number of benzene rings is 1. The fourth-order valence-corrected chi connectivity index (χ4v) is 4.63. The molecule has 7 nitrogen and oxygen atoms in total. The van der Waals surface area contributed by atoms with Crippen LogP contribution in [0.5, 0.6) is 6.01 Å². The van der Waals surface area contributed by atoms with Crippen molar-refractivity contribution < 1.29 is 19.4 Å². The number of anilines is 2. The summed E-state index contributed by atoms with van der Waals surface area (Å²) in [6.45, 7) is 8.30. The van der Waals surface area contributed by atoms with Gasteiger partial charge in [-0.25, -0.2) is 9.97 Å². The van der Waals surface area contributed by atoms with Crippen LogP contribution in [0.1, 0.15) is 75.8 Å². The average Bonchev–Trinajstić information content (AvgIpc) is 2.81. The maximum absolute atomic E-state index is 11.4. The van der Waals surface area contributed by atoms with Crippen molar-refractivity contribution in [2.45, 2.75) is 64.7 Å². The van der Waals surface area contributed by atoms with Gasteiger partial charge in [-0.3, -0.25) is 4.79 Å². The summed E-state index contributed by atoms with van der Waals surface area (Å²) in [5.41, 5.74) is 4.06. The van der Waals surface area contributed by atoms with Gasteiger partial charge in [0.25, 0.3) is 0 Å². The van der Waals surface area contributed by atoms with Crippen molar-refractivity contribution in [2.75, 3.05) is 25.1 Å².